The summed E-state index contributed by atoms with van der Waals surface area (Å²) in [7, 11) is 0. The highest BCUT2D eigenvalue weighted by atomic mass is 32.2. The maximum Gasteiger partial charge on any atom is 0.238 e. The number of aryl methyl sites for hydroxylation is 1. The van der Waals surface area contributed by atoms with Crippen molar-refractivity contribution in [3.8, 4) is 11.8 Å². The van der Waals surface area contributed by atoms with E-state index in [1.165, 1.54) is 16.7 Å². The molecule has 0 N–H and O–H groups in total. The summed E-state index contributed by atoms with van der Waals surface area (Å²) in [5, 5.41) is 9.80. The molecular formula is C20H18N4OS. The van der Waals surface area contributed by atoms with Gasteiger partial charge in [-0.3, -0.25) is 14.3 Å². The lowest BCUT2D eigenvalue weighted by molar-refractivity contribution is -0.116. The van der Waals surface area contributed by atoms with Gasteiger partial charge in [-0.2, -0.15) is 5.26 Å². The van der Waals surface area contributed by atoms with Crippen LogP contribution in [-0.4, -0.2) is 27.8 Å². The SMILES string of the molecule is Cc1ccccc1-n1ccnc1SCC(=O)N(CC#N)c1ccccc1. The molecule has 0 spiro atoms. The molecule has 0 saturated carbocycles. The van der Waals surface area contributed by atoms with Crippen LogP contribution >= 0.6 is 11.8 Å². The Balaban J connectivity index is 1.75. The summed E-state index contributed by atoms with van der Waals surface area (Å²) in [6.07, 6.45) is 3.61. The van der Waals surface area contributed by atoms with E-state index in [-0.39, 0.29) is 18.2 Å². The van der Waals surface area contributed by atoms with Gasteiger partial charge in [0.15, 0.2) is 5.16 Å². The molecule has 0 aliphatic carbocycles. The Bertz CT molecular complexity index is 930. The first-order valence-electron chi connectivity index (χ1n) is 8.15. The van der Waals surface area contributed by atoms with Crippen LogP contribution in [0.3, 0.4) is 0 Å². The second kappa shape index (κ2) is 8.37. The van der Waals surface area contributed by atoms with Crippen molar-refractivity contribution in [1.29, 1.82) is 5.26 Å². The third-order valence-electron chi connectivity index (χ3n) is 3.90. The Labute approximate surface area is 156 Å². The third-order valence-corrected chi connectivity index (χ3v) is 4.86. The molecule has 0 aliphatic heterocycles. The van der Waals surface area contributed by atoms with Crippen LogP contribution < -0.4 is 4.90 Å². The molecule has 3 aromatic rings. The van der Waals surface area contributed by atoms with Gasteiger partial charge < -0.3 is 0 Å². The van der Waals surface area contributed by atoms with Crippen LogP contribution in [0.15, 0.2) is 72.1 Å². The van der Waals surface area contributed by atoms with E-state index in [0.717, 1.165) is 22.1 Å². The number of imidazole rings is 1. The van der Waals surface area contributed by atoms with Crippen molar-refractivity contribution in [3.63, 3.8) is 0 Å². The van der Waals surface area contributed by atoms with Gasteiger partial charge in [0.25, 0.3) is 0 Å². The van der Waals surface area contributed by atoms with Crippen LogP contribution in [0, 0.1) is 18.3 Å². The highest BCUT2D eigenvalue weighted by Crippen LogP contribution is 2.23. The zero-order valence-electron chi connectivity index (χ0n) is 14.4. The van der Waals surface area contributed by atoms with Gasteiger partial charge in [-0.1, -0.05) is 48.2 Å². The number of rotatable bonds is 6. The van der Waals surface area contributed by atoms with Crippen molar-refractivity contribution in [2.75, 3.05) is 17.2 Å². The lowest BCUT2D eigenvalue weighted by atomic mass is 10.2. The number of hydrogen-bond donors (Lipinski definition) is 0. The smallest absolute Gasteiger partial charge is 0.238 e. The largest absolute Gasteiger partial charge is 0.298 e. The van der Waals surface area contributed by atoms with Crippen molar-refractivity contribution in [2.45, 2.75) is 12.1 Å². The zero-order valence-corrected chi connectivity index (χ0v) is 15.2. The second-order valence-corrected chi connectivity index (χ2v) is 6.57. The molecule has 0 fully saturated rings. The van der Waals surface area contributed by atoms with E-state index in [9.17, 15) is 4.79 Å². The molecule has 0 bridgehead atoms. The van der Waals surface area contributed by atoms with E-state index in [1.54, 1.807) is 6.20 Å². The fourth-order valence-electron chi connectivity index (χ4n) is 2.62. The number of nitrogens with zero attached hydrogens (tertiary/aromatic N) is 4. The molecule has 0 unspecified atom stereocenters. The van der Waals surface area contributed by atoms with Gasteiger partial charge in [-0.15, -0.1) is 0 Å². The number of amides is 1. The van der Waals surface area contributed by atoms with Crippen LogP contribution in [0.4, 0.5) is 5.69 Å². The monoisotopic (exact) mass is 362 g/mol. The second-order valence-electron chi connectivity index (χ2n) is 5.63. The Morgan fingerprint density at radius 2 is 1.92 bits per heavy atom. The summed E-state index contributed by atoms with van der Waals surface area (Å²) in [6.45, 7) is 2.06. The average Bonchev–Trinajstić information content (AvgIpc) is 3.13. The lowest BCUT2D eigenvalue weighted by Crippen LogP contribution is -2.32. The minimum Gasteiger partial charge on any atom is -0.298 e. The average molecular weight is 362 g/mol. The van der Waals surface area contributed by atoms with E-state index in [4.69, 9.17) is 5.26 Å². The minimum absolute atomic E-state index is 0.0235. The quantitative estimate of drug-likeness (QED) is 0.494. The van der Waals surface area contributed by atoms with Gasteiger partial charge >= 0.3 is 0 Å². The van der Waals surface area contributed by atoms with E-state index in [1.807, 2.05) is 72.3 Å². The first-order chi connectivity index (χ1) is 12.7. The summed E-state index contributed by atoms with van der Waals surface area (Å²) in [6, 6.07) is 19.3. The molecule has 5 nitrogen and oxygen atoms in total. The third kappa shape index (κ3) is 3.95. The molecule has 0 aliphatic rings. The van der Waals surface area contributed by atoms with Crippen LogP contribution in [-0.2, 0) is 4.79 Å². The van der Waals surface area contributed by atoms with E-state index < -0.39 is 0 Å². The maximum atomic E-state index is 12.7. The van der Waals surface area contributed by atoms with Crippen LogP contribution in [0.1, 0.15) is 5.56 Å². The van der Waals surface area contributed by atoms with Crippen LogP contribution in [0.2, 0.25) is 0 Å². The minimum atomic E-state index is -0.123. The first-order valence-corrected chi connectivity index (χ1v) is 9.14. The van der Waals surface area contributed by atoms with Crippen LogP contribution in [0.25, 0.3) is 5.69 Å². The molecule has 0 atom stereocenters. The highest BCUT2D eigenvalue weighted by molar-refractivity contribution is 7.99. The summed E-state index contributed by atoms with van der Waals surface area (Å²) in [4.78, 5) is 18.5. The molecule has 0 radical (unpaired) electrons. The number of carbonyl (C=O) groups is 1. The summed E-state index contributed by atoms with van der Waals surface area (Å²) in [5.74, 6) is 0.0847. The first kappa shape index (κ1) is 17.8. The van der Waals surface area contributed by atoms with Gasteiger partial charge in [0.1, 0.15) is 6.54 Å². The normalized spacial score (nSPS) is 10.3. The predicted molar refractivity (Wildman–Crippen MR) is 103 cm³/mol. The molecule has 130 valence electrons. The van der Waals surface area contributed by atoms with E-state index >= 15 is 0 Å². The van der Waals surface area contributed by atoms with Crippen molar-refractivity contribution in [2.24, 2.45) is 0 Å². The van der Waals surface area contributed by atoms with Gasteiger partial charge in [0, 0.05) is 18.1 Å². The molecule has 6 heteroatoms. The summed E-state index contributed by atoms with van der Waals surface area (Å²) >= 11 is 1.37. The van der Waals surface area contributed by atoms with Crippen molar-refractivity contribution in [1.82, 2.24) is 9.55 Å². The molecule has 0 saturated heterocycles. The van der Waals surface area contributed by atoms with Crippen LogP contribution in [0.5, 0.6) is 0 Å². The number of benzene rings is 2. The van der Waals surface area contributed by atoms with Gasteiger partial charge in [0.05, 0.1) is 17.5 Å². The number of para-hydroxylation sites is 2. The molecule has 3 rings (SSSR count). The molecular weight excluding hydrogens is 344 g/mol. The summed E-state index contributed by atoms with van der Waals surface area (Å²) < 4.78 is 1.98. The van der Waals surface area contributed by atoms with Crippen molar-refractivity contribution < 1.29 is 4.79 Å². The Kier molecular flexibility index (Phi) is 5.72. The number of thioether (sulfide) groups is 1. The van der Waals surface area contributed by atoms with Gasteiger partial charge in [0.2, 0.25) is 5.91 Å². The number of anilines is 1. The standard InChI is InChI=1S/C20H18N4OS/c1-16-7-5-6-10-18(16)24-14-12-22-20(24)26-15-19(25)23(13-11-21)17-8-3-2-4-9-17/h2-10,12,14H,13,15H2,1H3. The van der Waals surface area contributed by atoms with Gasteiger partial charge in [-0.05, 0) is 30.7 Å². The predicted octanol–water partition coefficient (Wildman–Crippen LogP) is 3.83. The molecule has 1 heterocycles. The lowest BCUT2D eigenvalue weighted by Gasteiger charge is -2.19. The van der Waals surface area contributed by atoms with E-state index in [2.05, 4.69) is 11.1 Å². The van der Waals surface area contributed by atoms with Gasteiger partial charge in [-0.25, -0.2) is 4.98 Å². The fourth-order valence-corrected chi connectivity index (χ4v) is 3.46. The number of hydrogen-bond acceptors (Lipinski definition) is 4. The number of aromatic nitrogens is 2. The molecule has 1 aromatic heterocycles. The number of carbonyl (C=O) groups excluding carboxylic acids is 1. The molecule has 1 amide bonds. The summed E-state index contributed by atoms with van der Waals surface area (Å²) in [5.41, 5.74) is 2.90. The maximum absolute atomic E-state index is 12.7. The highest BCUT2D eigenvalue weighted by Gasteiger charge is 2.17. The van der Waals surface area contributed by atoms with Crippen molar-refractivity contribution in [3.05, 3.63) is 72.6 Å². The molecule has 26 heavy (non-hydrogen) atoms. The van der Waals surface area contributed by atoms with E-state index in [0.29, 0.717) is 0 Å². The molecule has 2 aromatic carbocycles. The Morgan fingerprint density at radius 1 is 1.19 bits per heavy atom. The fraction of sp³-hybridized carbons (Fsp3) is 0.150. The topological polar surface area (TPSA) is 61.9 Å². The Morgan fingerprint density at radius 3 is 2.65 bits per heavy atom. The van der Waals surface area contributed by atoms with Crippen molar-refractivity contribution >= 4 is 23.4 Å². The zero-order chi connectivity index (χ0) is 18.4. The Hall–Kier alpha value is -3.04. The number of nitriles is 1.